The highest BCUT2D eigenvalue weighted by Gasteiger charge is 2.35. The summed E-state index contributed by atoms with van der Waals surface area (Å²) in [5.74, 6) is -2.19. The molecule has 1 aromatic heterocycles. The Hall–Kier alpha value is -2.94. The third-order valence-electron chi connectivity index (χ3n) is 4.18. The topological polar surface area (TPSA) is 71.7 Å². The minimum Gasteiger partial charge on any atom is -0.480 e. The monoisotopic (exact) mass is 408 g/mol. The van der Waals surface area contributed by atoms with Crippen molar-refractivity contribution in [2.75, 3.05) is 0 Å². The fraction of sp³-hybridized carbons (Fsp3) is 0.211. The van der Waals surface area contributed by atoms with Crippen molar-refractivity contribution in [3.05, 3.63) is 64.5 Å². The molecule has 9 heteroatoms. The van der Waals surface area contributed by atoms with E-state index in [2.05, 4.69) is 4.99 Å². The normalized spacial score (nSPS) is 13.6. The van der Waals surface area contributed by atoms with Crippen molar-refractivity contribution in [2.24, 2.45) is 4.99 Å². The fourth-order valence-corrected chi connectivity index (χ4v) is 3.97. The zero-order valence-corrected chi connectivity index (χ0v) is 15.4. The summed E-state index contributed by atoms with van der Waals surface area (Å²) >= 11 is 1.05. The number of benzene rings is 2. The van der Waals surface area contributed by atoms with Crippen LogP contribution in [-0.2, 0) is 11.0 Å². The molecule has 1 heterocycles. The van der Waals surface area contributed by atoms with Crippen molar-refractivity contribution in [1.29, 1.82) is 0 Å². The molecule has 0 saturated carbocycles. The van der Waals surface area contributed by atoms with E-state index in [-0.39, 0.29) is 11.2 Å². The Labute approximate surface area is 161 Å². The number of nitrogens with zero attached hydrogens (tertiary/aromatic N) is 2. The van der Waals surface area contributed by atoms with Crippen LogP contribution in [0.25, 0.3) is 10.2 Å². The first-order valence-corrected chi connectivity index (χ1v) is 9.13. The van der Waals surface area contributed by atoms with Crippen molar-refractivity contribution >= 4 is 33.4 Å². The Morgan fingerprint density at radius 2 is 1.79 bits per heavy atom. The van der Waals surface area contributed by atoms with Crippen LogP contribution in [0.3, 0.4) is 0 Å². The predicted molar refractivity (Wildman–Crippen MR) is 98.1 cm³/mol. The molecule has 3 aromatic rings. The summed E-state index contributed by atoms with van der Waals surface area (Å²) in [6.45, 7) is 1.67. The lowest BCUT2D eigenvalue weighted by Gasteiger charge is -2.13. The van der Waals surface area contributed by atoms with Crippen molar-refractivity contribution < 1.29 is 27.9 Å². The van der Waals surface area contributed by atoms with E-state index < -0.39 is 35.2 Å². The van der Waals surface area contributed by atoms with Gasteiger partial charge in [-0.2, -0.15) is 18.2 Å². The number of aromatic nitrogens is 1. The number of hydrogen-bond donors (Lipinski definition) is 1. The van der Waals surface area contributed by atoms with Gasteiger partial charge in [0.15, 0.2) is 4.80 Å². The van der Waals surface area contributed by atoms with Crippen LogP contribution in [0.4, 0.5) is 13.2 Å². The number of hydrogen-bond acceptors (Lipinski definition) is 3. The van der Waals surface area contributed by atoms with E-state index in [1.807, 2.05) is 0 Å². The predicted octanol–water partition coefficient (Wildman–Crippen LogP) is 4.50. The summed E-state index contributed by atoms with van der Waals surface area (Å²) in [6.07, 6.45) is -4.48. The highest BCUT2D eigenvalue weighted by Crippen LogP contribution is 2.32. The van der Waals surface area contributed by atoms with Gasteiger partial charge in [-0.1, -0.05) is 42.5 Å². The van der Waals surface area contributed by atoms with Gasteiger partial charge >= 0.3 is 12.1 Å². The first-order valence-electron chi connectivity index (χ1n) is 8.32. The zero-order chi connectivity index (χ0) is 20.5. The largest absolute Gasteiger partial charge is 0.480 e. The standard InChI is InChI=1S/C19H15F3N2O3S/c1-2-13(17(26)27)24-14-9-5-6-10-15(14)28-18(24)23-16(25)11-7-3-4-8-12(11)19(20,21)22/h3-10,13H,2H2,1H3,(H,26,27)/b23-18-. The average molecular weight is 408 g/mol. The van der Waals surface area contributed by atoms with E-state index >= 15 is 0 Å². The molecule has 146 valence electrons. The lowest BCUT2D eigenvalue weighted by molar-refractivity contribution is -0.141. The van der Waals surface area contributed by atoms with Crippen LogP contribution in [0, 0.1) is 0 Å². The van der Waals surface area contributed by atoms with Gasteiger partial charge in [0.05, 0.1) is 21.3 Å². The van der Waals surface area contributed by atoms with Gasteiger partial charge in [0.25, 0.3) is 5.91 Å². The molecule has 1 amide bonds. The summed E-state index contributed by atoms with van der Waals surface area (Å²) in [6, 6.07) is 10.3. The SMILES string of the molecule is CCC(C(=O)O)n1/c(=N/C(=O)c2ccccc2C(F)(F)F)sc2ccccc21. The van der Waals surface area contributed by atoms with Gasteiger partial charge in [-0.3, -0.25) is 4.79 Å². The second-order valence-electron chi connectivity index (χ2n) is 5.94. The molecule has 0 fully saturated rings. The molecule has 0 aliphatic rings. The van der Waals surface area contributed by atoms with Crippen LogP contribution in [0.1, 0.15) is 35.3 Å². The Morgan fingerprint density at radius 1 is 1.14 bits per heavy atom. The number of amides is 1. The van der Waals surface area contributed by atoms with Crippen molar-refractivity contribution in [2.45, 2.75) is 25.6 Å². The van der Waals surface area contributed by atoms with Crippen LogP contribution in [0.15, 0.2) is 53.5 Å². The minimum atomic E-state index is -4.70. The van der Waals surface area contributed by atoms with Crippen LogP contribution in [0.2, 0.25) is 0 Å². The highest BCUT2D eigenvalue weighted by molar-refractivity contribution is 7.16. The molecule has 1 unspecified atom stereocenters. The molecule has 2 aromatic carbocycles. The molecule has 0 spiro atoms. The Kier molecular flexibility index (Phi) is 5.37. The summed E-state index contributed by atoms with van der Waals surface area (Å²) in [5.41, 5.74) is -1.11. The maximum absolute atomic E-state index is 13.2. The maximum atomic E-state index is 13.2. The van der Waals surface area contributed by atoms with Gasteiger partial charge in [0.2, 0.25) is 0 Å². The molecule has 3 rings (SSSR count). The lowest BCUT2D eigenvalue weighted by Crippen LogP contribution is -2.27. The number of halogens is 3. The third-order valence-corrected chi connectivity index (χ3v) is 5.21. The van der Waals surface area contributed by atoms with Crippen LogP contribution >= 0.6 is 11.3 Å². The lowest BCUT2D eigenvalue weighted by atomic mass is 10.1. The van der Waals surface area contributed by atoms with Gasteiger partial charge in [-0.05, 0) is 30.7 Å². The molecule has 0 aliphatic heterocycles. The smallest absolute Gasteiger partial charge is 0.417 e. The molecule has 0 saturated heterocycles. The third kappa shape index (κ3) is 3.70. The molecule has 5 nitrogen and oxygen atoms in total. The molecular weight excluding hydrogens is 393 g/mol. The number of fused-ring (bicyclic) bond motifs is 1. The second-order valence-corrected chi connectivity index (χ2v) is 6.95. The summed E-state index contributed by atoms with van der Waals surface area (Å²) in [5, 5.41) is 9.54. The summed E-state index contributed by atoms with van der Waals surface area (Å²) < 4.78 is 41.7. The number of carboxylic acid groups (broad SMARTS) is 1. The minimum absolute atomic E-state index is 0.0393. The Balaban J connectivity index is 2.23. The van der Waals surface area contributed by atoms with Gasteiger partial charge < -0.3 is 9.67 Å². The van der Waals surface area contributed by atoms with E-state index in [1.165, 1.54) is 16.7 Å². The van der Waals surface area contributed by atoms with Crippen molar-refractivity contribution in [3.63, 3.8) is 0 Å². The van der Waals surface area contributed by atoms with E-state index in [4.69, 9.17) is 0 Å². The number of thiazole rings is 1. The molecule has 28 heavy (non-hydrogen) atoms. The van der Waals surface area contributed by atoms with Gasteiger partial charge in [-0.25, -0.2) is 4.79 Å². The van der Waals surface area contributed by atoms with Crippen LogP contribution < -0.4 is 4.80 Å². The van der Waals surface area contributed by atoms with Gasteiger partial charge in [-0.15, -0.1) is 0 Å². The quantitative estimate of drug-likeness (QED) is 0.691. The van der Waals surface area contributed by atoms with E-state index in [9.17, 15) is 27.9 Å². The van der Waals surface area contributed by atoms with Crippen molar-refractivity contribution in [3.8, 4) is 0 Å². The van der Waals surface area contributed by atoms with E-state index in [0.29, 0.717) is 10.2 Å². The number of carboxylic acids is 1. The molecule has 0 bridgehead atoms. The highest BCUT2D eigenvalue weighted by atomic mass is 32.1. The number of para-hydroxylation sites is 1. The van der Waals surface area contributed by atoms with E-state index in [1.54, 1.807) is 31.2 Å². The molecular formula is C19H15F3N2O3S. The number of aliphatic carboxylic acids is 1. The number of carbonyl (C=O) groups is 2. The first-order chi connectivity index (χ1) is 13.2. The summed E-state index contributed by atoms with van der Waals surface area (Å²) in [4.78, 5) is 28.2. The molecule has 1 atom stereocenters. The number of alkyl halides is 3. The maximum Gasteiger partial charge on any atom is 0.417 e. The van der Waals surface area contributed by atoms with Crippen LogP contribution in [-0.4, -0.2) is 21.6 Å². The summed E-state index contributed by atoms with van der Waals surface area (Å²) in [7, 11) is 0. The molecule has 0 radical (unpaired) electrons. The van der Waals surface area contributed by atoms with Crippen molar-refractivity contribution in [1.82, 2.24) is 4.57 Å². The fourth-order valence-electron chi connectivity index (χ4n) is 2.90. The second kappa shape index (κ2) is 7.59. The number of carbonyl (C=O) groups excluding carboxylic acids is 1. The molecule has 0 aliphatic carbocycles. The average Bonchev–Trinajstić information content (AvgIpc) is 2.99. The van der Waals surface area contributed by atoms with E-state index in [0.717, 1.165) is 23.5 Å². The van der Waals surface area contributed by atoms with Crippen LogP contribution in [0.5, 0.6) is 0 Å². The Bertz CT molecular complexity index is 1120. The number of rotatable bonds is 4. The molecule has 1 N–H and O–H groups in total. The first kappa shape index (κ1) is 19.8. The van der Waals surface area contributed by atoms with Gasteiger partial charge in [0.1, 0.15) is 6.04 Å². The van der Waals surface area contributed by atoms with Gasteiger partial charge in [0, 0.05) is 0 Å². The zero-order valence-electron chi connectivity index (χ0n) is 14.6. The Morgan fingerprint density at radius 3 is 2.43 bits per heavy atom.